The molecule has 25 heavy (non-hydrogen) atoms. The summed E-state index contributed by atoms with van der Waals surface area (Å²) in [6.07, 6.45) is 1.83. The van der Waals surface area contributed by atoms with E-state index >= 15 is 0 Å². The minimum Gasteiger partial charge on any atom is -0.541 e. The summed E-state index contributed by atoms with van der Waals surface area (Å²) in [7, 11) is -0.870. The third-order valence-corrected chi connectivity index (χ3v) is 4.29. The van der Waals surface area contributed by atoms with Crippen LogP contribution in [0.5, 0.6) is 5.75 Å². The summed E-state index contributed by atoms with van der Waals surface area (Å²) >= 11 is 0. The molecule has 2 aromatic carbocycles. The molecule has 0 saturated carbocycles. The number of imidazole rings is 1. The van der Waals surface area contributed by atoms with Crippen molar-refractivity contribution in [2.75, 3.05) is 0 Å². The third kappa shape index (κ3) is 4.25. The van der Waals surface area contributed by atoms with Crippen molar-refractivity contribution in [1.29, 1.82) is 0 Å². The molecule has 0 saturated heterocycles. The van der Waals surface area contributed by atoms with E-state index in [1.54, 1.807) is 0 Å². The quantitative estimate of drug-likeness (QED) is 0.530. The Morgan fingerprint density at radius 2 is 1.84 bits per heavy atom. The highest BCUT2D eigenvalue weighted by Crippen LogP contribution is 2.30. The van der Waals surface area contributed by atoms with Crippen LogP contribution in [0.25, 0.3) is 0 Å². The second-order valence-electron chi connectivity index (χ2n) is 6.19. The van der Waals surface area contributed by atoms with Crippen LogP contribution in [0.15, 0.2) is 59.7 Å². The molecule has 1 radical (unpaired) electrons. The monoisotopic (exact) mass is 348 g/mol. The lowest BCUT2D eigenvalue weighted by Crippen LogP contribution is -2.11. The number of nitrogens with one attached hydrogen (secondary N) is 1. The topological polar surface area (TPSA) is 50.3 Å². The Hall–Kier alpha value is -2.66. The van der Waals surface area contributed by atoms with Crippen LogP contribution in [0, 0.1) is 13.8 Å². The van der Waals surface area contributed by atoms with Gasteiger partial charge in [-0.1, -0.05) is 36.4 Å². The number of aromatic amines is 1. The Bertz CT molecular complexity index is 885. The number of hydrogen-bond acceptors (Lipinski definition) is 3. The van der Waals surface area contributed by atoms with E-state index < -0.39 is 9.04 Å². The Labute approximate surface area is 150 Å². The molecular weight excluding hydrogens is 326 g/mol. The summed E-state index contributed by atoms with van der Waals surface area (Å²) in [5.41, 5.74) is 4.79. The SMILES string of the molecule is Cc1ccc(O[Si](C)C)c(N=C(c2ccccc2)c2cnc(C)[nH]2)c1. The normalized spacial score (nSPS) is 11.8. The van der Waals surface area contributed by atoms with Crippen LogP contribution in [0.1, 0.15) is 22.6 Å². The highest BCUT2D eigenvalue weighted by atomic mass is 28.3. The van der Waals surface area contributed by atoms with Crippen molar-refractivity contribution < 1.29 is 4.43 Å². The fourth-order valence-electron chi connectivity index (χ4n) is 2.56. The predicted molar refractivity (Wildman–Crippen MR) is 104 cm³/mol. The molecule has 1 N–H and O–H groups in total. The van der Waals surface area contributed by atoms with E-state index in [2.05, 4.69) is 54.3 Å². The maximum atomic E-state index is 6.05. The van der Waals surface area contributed by atoms with Gasteiger partial charge in [0.05, 0.1) is 17.6 Å². The number of aryl methyl sites for hydroxylation is 2. The number of aliphatic imine (C=N–C) groups is 1. The summed E-state index contributed by atoms with van der Waals surface area (Å²) in [6.45, 7) is 8.24. The van der Waals surface area contributed by atoms with Gasteiger partial charge in [-0.2, -0.15) is 0 Å². The molecule has 3 rings (SSSR count). The molecule has 0 amide bonds. The highest BCUT2D eigenvalue weighted by Gasteiger charge is 2.13. The van der Waals surface area contributed by atoms with E-state index in [1.165, 1.54) is 0 Å². The molecule has 4 nitrogen and oxygen atoms in total. The summed E-state index contributed by atoms with van der Waals surface area (Å²) in [4.78, 5) is 12.6. The molecule has 1 heterocycles. The van der Waals surface area contributed by atoms with Gasteiger partial charge < -0.3 is 9.41 Å². The largest absolute Gasteiger partial charge is 0.541 e. The zero-order valence-corrected chi connectivity index (χ0v) is 16.0. The Kier molecular flexibility index (Phi) is 5.14. The molecule has 0 spiro atoms. The predicted octanol–water partition coefficient (Wildman–Crippen LogP) is 4.83. The number of H-pyrrole nitrogens is 1. The van der Waals surface area contributed by atoms with E-state index in [4.69, 9.17) is 9.42 Å². The van der Waals surface area contributed by atoms with Crippen LogP contribution < -0.4 is 4.43 Å². The Balaban J connectivity index is 2.15. The molecule has 0 aliphatic carbocycles. The van der Waals surface area contributed by atoms with Gasteiger partial charge in [0.2, 0.25) is 0 Å². The van der Waals surface area contributed by atoms with Crippen molar-refractivity contribution in [3.05, 3.63) is 77.4 Å². The molecule has 1 aromatic heterocycles. The second-order valence-corrected chi connectivity index (χ2v) is 8.21. The fourth-order valence-corrected chi connectivity index (χ4v) is 3.17. The lowest BCUT2D eigenvalue weighted by molar-refractivity contribution is 0.582. The molecule has 0 aliphatic heterocycles. The molecule has 3 aromatic rings. The molecule has 0 fully saturated rings. The number of rotatable bonds is 5. The minimum atomic E-state index is -0.870. The van der Waals surface area contributed by atoms with E-state index in [9.17, 15) is 0 Å². The zero-order chi connectivity index (χ0) is 17.8. The smallest absolute Gasteiger partial charge is 0.274 e. The van der Waals surface area contributed by atoms with Crippen LogP contribution in [0.2, 0.25) is 13.1 Å². The zero-order valence-electron chi connectivity index (χ0n) is 15.0. The van der Waals surface area contributed by atoms with Gasteiger partial charge in [-0.15, -0.1) is 0 Å². The van der Waals surface area contributed by atoms with Crippen LogP contribution in [0.3, 0.4) is 0 Å². The van der Waals surface area contributed by atoms with Gasteiger partial charge >= 0.3 is 0 Å². The average Bonchev–Trinajstić information content (AvgIpc) is 3.01. The van der Waals surface area contributed by atoms with E-state index in [0.29, 0.717) is 0 Å². The third-order valence-electron chi connectivity index (χ3n) is 3.67. The van der Waals surface area contributed by atoms with Crippen molar-refractivity contribution in [3.8, 4) is 5.75 Å². The molecule has 0 unspecified atom stereocenters. The van der Waals surface area contributed by atoms with E-state index in [1.807, 2.05) is 37.4 Å². The standard InChI is InChI=1S/C20H22N3OSi/c1-14-10-11-19(24-25(3)4)17(12-14)23-20(16-8-6-5-7-9-16)18-13-21-15(2)22-18/h5-13H,1-4H3,(H,21,22). The number of hydrogen-bond donors (Lipinski definition) is 1. The Morgan fingerprint density at radius 1 is 1.08 bits per heavy atom. The van der Waals surface area contributed by atoms with E-state index in [0.717, 1.165) is 39.8 Å². The first-order valence-electron chi connectivity index (χ1n) is 8.27. The summed E-state index contributed by atoms with van der Waals surface area (Å²) in [6, 6.07) is 16.3. The first kappa shape index (κ1) is 17.2. The summed E-state index contributed by atoms with van der Waals surface area (Å²) in [5, 5.41) is 0. The minimum absolute atomic E-state index is 0.828. The second kappa shape index (κ2) is 7.48. The number of nitrogens with zero attached hydrogens (tertiary/aromatic N) is 2. The number of benzene rings is 2. The fraction of sp³-hybridized carbons (Fsp3) is 0.200. The lowest BCUT2D eigenvalue weighted by Gasteiger charge is -2.13. The summed E-state index contributed by atoms with van der Waals surface area (Å²) < 4.78 is 6.05. The van der Waals surface area contributed by atoms with Gasteiger partial charge in [-0.05, 0) is 44.6 Å². The maximum Gasteiger partial charge on any atom is 0.274 e. The molecule has 0 aliphatic rings. The van der Waals surface area contributed by atoms with Gasteiger partial charge in [0.1, 0.15) is 17.3 Å². The molecule has 0 atom stereocenters. The molecule has 127 valence electrons. The van der Waals surface area contributed by atoms with Crippen molar-refractivity contribution >= 4 is 20.4 Å². The van der Waals surface area contributed by atoms with Crippen molar-refractivity contribution in [1.82, 2.24) is 9.97 Å². The number of aromatic nitrogens is 2. The van der Waals surface area contributed by atoms with Crippen molar-refractivity contribution in [2.24, 2.45) is 4.99 Å². The van der Waals surface area contributed by atoms with Gasteiger partial charge in [-0.3, -0.25) is 0 Å². The van der Waals surface area contributed by atoms with Crippen molar-refractivity contribution in [2.45, 2.75) is 26.9 Å². The van der Waals surface area contributed by atoms with E-state index in [-0.39, 0.29) is 0 Å². The summed E-state index contributed by atoms with van der Waals surface area (Å²) in [5.74, 6) is 1.70. The molecule has 5 heteroatoms. The van der Waals surface area contributed by atoms with Gasteiger partial charge in [0, 0.05) is 5.56 Å². The average molecular weight is 349 g/mol. The van der Waals surface area contributed by atoms with Gasteiger partial charge in [0.25, 0.3) is 9.04 Å². The molecular formula is C20H22N3OSi. The first-order chi connectivity index (χ1) is 12.0. The van der Waals surface area contributed by atoms with Crippen LogP contribution in [-0.4, -0.2) is 24.7 Å². The molecule has 0 bridgehead atoms. The van der Waals surface area contributed by atoms with Gasteiger partial charge in [-0.25, -0.2) is 9.98 Å². The van der Waals surface area contributed by atoms with Crippen LogP contribution >= 0.6 is 0 Å². The lowest BCUT2D eigenvalue weighted by atomic mass is 10.1. The maximum absolute atomic E-state index is 6.05. The van der Waals surface area contributed by atoms with Gasteiger partial charge in [0.15, 0.2) is 0 Å². The Morgan fingerprint density at radius 3 is 2.48 bits per heavy atom. The first-order valence-corrected chi connectivity index (χ1v) is 10.7. The van der Waals surface area contributed by atoms with Crippen molar-refractivity contribution in [3.63, 3.8) is 0 Å². The van der Waals surface area contributed by atoms with Crippen LogP contribution in [0.4, 0.5) is 5.69 Å². The highest BCUT2D eigenvalue weighted by molar-refractivity contribution is 6.49. The van der Waals surface area contributed by atoms with Crippen LogP contribution in [-0.2, 0) is 0 Å².